The molecule has 3 amide bonds. The van der Waals surface area contributed by atoms with Gasteiger partial charge in [-0.1, -0.05) is 53.2 Å². The van der Waals surface area contributed by atoms with E-state index in [2.05, 4.69) is 15.8 Å². The molecule has 0 saturated heterocycles. The number of halogens is 1. The third-order valence-corrected chi connectivity index (χ3v) is 5.31. The summed E-state index contributed by atoms with van der Waals surface area (Å²) >= 11 is 6.49. The molecule has 0 unspecified atom stereocenters. The maximum absolute atomic E-state index is 13.6. The summed E-state index contributed by atoms with van der Waals surface area (Å²) in [6, 6.07) is 16.3. The highest BCUT2D eigenvalue weighted by molar-refractivity contribution is 6.31. The standard InChI is InChI=1S/C26H29ClN4O4/c1-17-16-21(30-35-17)28-22(32)14-15-23(33)31(18-10-6-5-7-11-18)24(25(34)29-26(2,3)4)19-12-8-9-13-20(19)27/h5-13,16,24H,14-15H2,1-4H3,(H,29,34)(H,28,30,32)/t24-/m1/s1. The first-order valence-electron chi connectivity index (χ1n) is 11.2. The molecule has 0 bridgehead atoms. The first-order valence-corrected chi connectivity index (χ1v) is 11.6. The highest BCUT2D eigenvalue weighted by Crippen LogP contribution is 2.33. The Bertz CT molecular complexity index is 1190. The van der Waals surface area contributed by atoms with Crippen molar-refractivity contribution in [1.82, 2.24) is 10.5 Å². The number of carbonyl (C=O) groups is 3. The van der Waals surface area contributed by atoms with Gasteiger partial charge in [0.1, 0.15) is 11.8 Å². The van der Waals surface area contributed by atoms with Gasteiger partial charge in [0.15, 0.2) is 5.82 Å². The van der Waals surface area contributed by atoms with Gasteiger partial charge >= 0.3 is 0 Å². The minimum Gasteiger partial charge on any atom is -0.360 e. The van der Waals surface area contributed by atoms with Gasteiger partial charge in [0, 0.05) is 40.7 Å². The Morgan fingerprint density at radius 2 is 1.69 bits per heavy atom. The van der Waals surface area contributed by atoms with E-state index in [1.54, 1.807) is 61.5 Å². The van der Waals surface area contributed by atoms with E-state index in [0.29, 0.717) is 22.0 Å². The van der Waals surface area contributed by atoms with Crippen molar-refractivity contribution in [2.75, 3.05) is 10.2 Å². The van der Waals surface area contributed by atoms with Crippen molar-refractivity contribution in [2.24, 2.45) is 0 Å². The Hall–Kier alpha value is -3.65. The lowest BCUT2D eigenvalue weighted by Crippen LogP contribution is -2.49. The summed E-state index contributed by atoms with van der Waals surface area (Å²) in [4.78, 5) is 41.0. The Morgan fingerprint density at radius 1 is 1.03 bits per heavy atom. The largest absolute Gasteiger partial charge is 0.360 e. The number of para-hydroxylation sites is 1. The fourth-order valence-corrected chi connectivity index (χ4v) is 3.77. The number of aromatic nitrogens is 1. The number of nitrogens with zero attached hydrogens (tertiary/aromatic N) is 2. The zero-order chi connectivity index (χ0) is 25.6. The quantitative estimate of drug-likeness (QED) is 0.454. The summed E-state index contributed by atoms with van der Waals surface area (Å²) in [7, 11) is 0. The molecule has 3 aromatic rings. The average molecular weight is 497 g/mol. The molecule has 1 heterocycles. The van der Waals surface area contributed by atoms with E-state index in [4.69, 9.17) is 16.1 Å². The van der Waals surface area contributed by atoms with E-state index in [-0.39, 0.29) is 24.6 Å². The lowest BCUT2D eigenvalue weighted by atomic mass is 10.00. The molecule has 0 radical (unpaired) electrons. The van der Waals surface area contributed by atoms with Crippen LogP contribution in [0.3, 0.4) is 0 Å². The second-order valence-electron chi connectivity index (χ2n) is 9.13. The number of benzene rings is 2. The Morgan fingerprint density at radius 3 is 2.29 bits per heavy atom. The lowest BCUT2D eigenvalue weighted by molar-refractivity contribution is -0.128. The minimum absolute atomic E-state index is 0.107. The van der Waals surface area contributed by atoms with Crippen LogP contribution in [-0.4, -0.2) is 28.4 Å². The van der Waals surface area contributed by atoms with Crippen molar-refractivity contribution in [1.29, 1.82) is 0 Å². The van der Waals surface area contributed by atoms with Gasteiger partial charge in [-0.25, -0.2) is 0 Å². The zero-order valence-corrected chi connectivity index (χ0v) is 20.9. The van der Waals surface area contributed by atoms with Gasteiger partial charge in [-0.3, -0.25) is 19.3 Å². The first-order chi connectivity index (χ1) is 16.5. The summed E-state index contributed by atoms with van der Waals surface area (Å²) in [6.45, 7) is 7.29. The molecule has 8 nitrogen and oxygen atoms in total. The van der Waals surface area contributed by atoms with E-state index in [9.17, 15) is 14.4 Å². The van der Waals surface area contributed by atoms with Crippen LogP contribution in [0, 0.1) is 6.92 Å². The van der Waals surface area contributed by atoms with Crippen LogP contribution in [0.4, 0.5) is 11.5 Å². The van der Waals surface area contributed by atoms with Crippen LogP contribution in [-0.2, 0) is 14.4 Å². The summed E-state index contributed by atoms with van der Waals surface area (Å²) in [6.07, 6.45) is -0.245. The van der Waals surface area contributed by atoms with Crippen molar-refractivity contribution in [3.05, 3.63) is 77.0 Å². The summed E-state index contributed by atoms with van der Waals surface area (Å²) < 4.78 is 4.95. The molecule has 184 valence electrons. The van der Waals surface area contributed by atoms with E-state index >= 15 is 0 Å². The van der Waals surface area contributed by atoms with Crippen LogP contribution in [0.15, 0.2) is 65.2 Å². The van der Waals surface area contributed by atoms with Crippen LogP contribution >= 0.6 is 11.6 Å². The maximum Gasteiger partial charge on any atom is 0.248 e. The molecule has 1 aromatic heterocycles. The number of anilines is 2. The van der Waals surface area contributed by atoms with E-state index in [0.717, 1.165) is 0 Å². The number of aryl methyl sites for hydroxylation is 1. The molecule has 0 spiro atoms. The number of amides is 3. The second-order valence-corrected chi connectivity index (χ2v) is 9.54. The van der Waals surface area contributed by atoms with Crippen molar-refractivity contribution in [3.8, 4) is 0 Å². The molecule has 0 aliphatic carbocycles. The lowest BCUT2D eigenvalue weighted by Gasteiger charge is -2.34. The fourth-order valence-electron chi connectivity index (χ4n) is 3.53. The van der Waals surface area contributed by atoms with Gasteiger partial charge in [-0.05, 0) is 45.9 Å². The predicted molar refractivity (Wildman–Crippen MR) is 135 cm³/mol. The molecule has 9 heteroatoms. The molecule has 1 atom stereocenters. The molecule has 0 fully saturated rings. The highest BCUT2D eigenvalue weighted by atomic mass is 35.5. The summed E-state index contributed by atoms with van der Waals surface area (Å²) in [5.74, 6) is -0.354. The number of rotatable bonds is 8. The van der Waals surface area contributed by atoms with Crippen molar-refractivity contribution >= 4 is 40.8 Å². The Labute approximate surface area is 209 Å². The third kappa shape index (κ3) is 7.16. The fraction of sp³-hybridized carbons (Fsp3) is 0.308. The predicted octanol–water partition coefficient (Wildman–Crippen LogP) is 5.04. The first kappa shape index (κ1) is 26.0. The molecule has 0 aliphatic heterocycles. The van der Waals surface area contributed by atoms with Crippen molar-refractivity contribution < 1.29 is 18.9 Å². The smallest absolute Gasteiger partial charge is 0.248 e. The summed E-state index contributed by atoms with van der Waals surface area (Å²) in [5, 5.41) is 9.65. The van der Waals surface area contributed by atoms with Gasteiger partial charge in [0.05, 0.1) is 0 Å². The Balaban J connectivity index is 1.93. The van der Waals surface area contributed by atoms with Gasteiger partial charge in [0.2, 0.25) is 17.7 Å². The van der Waals surface area contributed by atoms with Crippen LogP contribution < -0.4 is 15.5 Å². The molecule has 0 aliphatic rings. The van der Waals surface area contributed by atoms with Crippen molar-refractivity contribution in [2.45, 2.75) is 52.1 Å². The number of carbonyl (C=O) groups excluding carboxylic acids is 3. The molecule has 2 N–H and O–H groups in total. The second kappa shape index (κ2) is 11.2. The molecule has 35 heavy (non-hydrogen) atoms. The summed E-state index contributed by atoms with van der Waals surface area (Å²) in [5.41, 5.74) is 0.451. The van der Waals surface area contributed by atoms with Crippen molar-refractivity contribution in [3.63, 3.8) is 0 Å². The maximum atomic E-state index is 13.6. The molecule has 0 saturated carbocycles. The van der Waals surface area contributed by atoms with E-state index in [1.807, 2.05) is 26.8 Å². The molecular formula is C26H29ClN4O4. The van der Waals surface area contributed by atoms with Crippen LogP contribution in [0.5, 0.6) is 0 Å². The van der Waals surface area contributed by atoms with Crippen LogP contribution in [0.1, 0.15) is 51.0 Å². The van der Waals surface area contributed by atoms with E-state index in [1.165, 1.54) is 4.90 Å². The Kier molecular flexibility index (Phi) is 8.30. The van der Waals surface area contributed by atoms with Gasteiger partial charge in [0.25, 0.3) is 0 Å². The van der Waals surface area contributed by atoms with Gasteiger partial charge in [-0.15, -0.1) is 0 Å². The van der Waals surface area contributed by atoms with Gasteiger partial charge < -0.3 is 15.2 Å². The zero-order valence-electron chi connectivity index (χ0n) is 20.2. The monoisotopic (exact) mass is 496 g/mol. The average Bonchev–Trinajstić information content (AvgIpc) is 3.20. The number of nitrogens with one attached hydrogen (secondary N) is 2. The molecular weight excluding hydrogens is 468 g/mol. The highest BCUT2D eigenvalue weighted by Gasteiger charge is 2.35. The topological polar surface area (TPSA) is 105 Å². The third-order valence-electron chi connectivity index (χ3n) is 4.97. The van der Waals surface area contributed by atoms with Crippen LogP contribution in [0.25, 0.3) is 0 Å². The number of hydrogen-bond donors (Lipinski definition) is 2. The molecule has 2 aromatic carbocycles. The van der Waals surface area contributed by atoms with E-state index < -0.39 is 23.4 Å². The SMILES string of the molecule is Cc1cc(NC(=O)CCC(=O)N(c2ccccc2)[C@@H](C(=O)NC(C)(C)C)c2ccccc2Cl)no1. The van der Waals surface area contributed by atoms with Gasteiger partial charge in [-0.2, -0.15) is 0 Å². The van der Waals surface area contributed by atoms with Crippen LogP contribution in [0.2, 0.25) is 5.02 Å². The number of hydrogen-bond acceptors (Lipinski definition) is 5. The minimum atomic E-state index is -1.04. The normalized spacial score (nSPS) is 12.0. The molecule has 3 rings (SSSR count).